The van der Waals surface area contributed by atoms with Crippen LogP contribution in [0.4, 0.5) is 0 Å². The molecular formula is C12H21BrO2. The summed E-state index contributed by atoms with van der Waals surface area (Å²) in [5.41, 5.74) is 2.87. The second-order valence-corrected chi connectivity index (χ2v) is 4.73. The topological polar surface area (TPSA) is 18.5 Å². The number of halogens is 1. The van der Waals surface area contributed by atoms with E-state index in [1.54, 1.807) is 0 Å². The van der Waals surface area contributed by atoms with Crippen LogP contribution in [0.15, 0.2) is 11.1 Å². The number of hydrogen-bond donors (Lipinski definition) is 0. The van der Waals surface area contributed by atoms with Gasteiger partial charge >= 0.3 is 0 Å². The Morgan fingerprint density at radius 2 is 2.20 bits per heavy atom. The van der Waals surface area contributed by atoms with Gasteiger partial charge in [0.15, 0.2) is 6.29 Å². The van der Waals surface area contributed by atoms with Gasteiger partial charge in [-0.25, -0.2) is 0 Å². The molecule has 0 spiro atoms. The minimum atomic E-state index is -0.101. The van der Waals surface area contributed by atoms with E-state index in [2.05, 4.69) is 36.7 Å². The molecule has 1 aliphatic rings. The van der Waals surface area contributed by atoms with E-state index in [4.69, 9.17) is 9.47 Å². The molecule has 3 heteroatoms. The number of ether oxygens (including phenoxy) is 2. The Morgan fingerprint density at radius 1 is 1.47 bits per heavy atom. The second kappa shape index (κ2) is 6.66. The van der Waals surface area contributed by atoms with Gasteiger partial charge in [-0.05, 0) is 38.7 Å². The molecule has 0 amide bonds. The van der Waals surface area contributed by atoms with Crippen molar-refractivity contribution in [3.63, 3.8) is 0 Å². The smallest absolute Gasteiger partial charge is 0.167 e. The van der Waals surface area contributed by atoms with Crippen LogP contribution in [-0.2, 0) is 9.47 Å². The normalized spacial score (nSPS) is 23.6. The highest BCUT2D eigenvalue weighted by Gasteiger charge is 2.23. The molecule has 2 nitrogen and oxygen atoms in total. The number of hydrogen-bond acceptors (Lipinski definition) is 2. The van der Waals surface area contributed by atoms with Gasteiger partial charge in [0.05, 0.1) is 11.4 Å². The summed E-state index contributed by atoms with van der Waals surface area (Å²) in [6.45, 7) is 7.23. The molecule has 1 aliphatic carbocycles. The first-order valence-electron chi connectivity index (χ1n) is 5.68. The van der Waals surface area contributed by atoms with Crippen LogP contribution in [0.2, 0.25) is 0 Å². The number of rotatable bonds is 6. The summed E-state index contributed by atoms with van der Waals surface area (Å²) < 4.78 is 11.5. The Hall–Kier alpha value is 0.140. The monoisotopic (exact) mass is 276 g/mol. The molecule has 0 N–H and O–H groups in total. The molecule has 1 rings (SSSR count). The summed E-state index contributed by atoms with van der Waals surface area (Å²) in [5, 5.41) is 0.746. The van der Waals surface area contributed by atoms with E-state index in [-0.39, 0.29) is 12.4 Å². The van der Waals surface area contributed by atoms with E-state index >= 15 is 0 Å². The molecule has 0 saturated heterocycles. The van der Waals surface area contributed by atoms with Crippen LogP contribution in [0, 0.1) is 0 Å². The fourth-order valence-electron chi connectivity index (χ4n) is 1.76. The average molecular weight is 277 g/mol. The highest BCUT2D eigenvalue weighted by molar-refractivity contribution is 9.09. The molecule has 0 saturated carbocycles. The number of alkyl halides is 1. The van der Waals surface area contributed by atoms with E-state index in [1.165, 1.54) is 17.6 Å². The van der Waals surface area contributed by atoms with Gasteiger partial charge in [0.1, 0.15) is 0 Å². The molecule has 0 aromatic carbocycles. The SMILES string of the molecule is CCCOC(CBr)OC1CCC(C)=C1C. The first-order valence-corrected chi connectivity index (χ1v) is 6.80. The Morgan fingerprint density at radius 3 is 2.67 bits per heavy atom. The Kier molecular flexibility index (Phi) is 5.87. The number of allylic oxidation sites excluding steroid dienone is 1. The second-order valence-electron chi connectivity index (χ2n) is 4.08. The van der Waals surface area contributed by atoms with Crippen molar-refractivity contribution >= 4 is 15.9 Å². The minimum Gasteiger partial charge on any atom is -0.352 e. The predicted molar refractivity (Wildman–Crippen MR) is 66.3 cm³/mol. The molecule has 0 heterocycles. The summed E-state index contributed by atoms with van der Waals surface area (Å²) in [5.74, 6) is 0. The molecule has 88 valence electrons. The van der Waals surface area contributed by atoms with Gasteiger partial charge in [-0.3, -0.25) is 0 Å². The third-order valence-corrected chi connectivity index (χ3v) is 3.42. The maximum Gasteiger partial charge on any atom is 0.167 e. The van der Waals surface area contributed by atoms with Gasteiger partial charge in [0, 0.05) is 6.61 Å². The standard InChI is InChI=1S/C12H21BrO2/c1-4-7-14-12(8-13)15-11-6-5-9(2)10(11)3/h11-12H,4-8H2,1-3H3. The molecule has 2 unspecified atom stereocenters. The van der Waals surface area contributed by atoms with Crippen LogP contribution in [-0.4, -0.2) is 24.3 Å². The molecule has 0 aliphatic heterocycles. The van der Waals surface area contributed by atoms with E-state index in [9.17, 15) is 0 Å². The molecule has 0 aromatic rings. The van der Waals surface area contributed by atoms with E-state index in [0.717, 1.165) is 24.8 Å². The Bertz CT molecular complexity index is 226. The van der Waals surface area contributed by atoms with Crippen LogP contribution < -0.4 is 0 Å². The van der Waals surface area contributed by atoms with Crippen molar-refractivity contribution < 1.29 is 9.47 Å². The zero-order valence-electron chi connectivity index (χ0n) is 9.88. The average Bonchev–Trinajstić information content (AvgIpc) is 2.55. The van der Waals surface area contributed by atoms with Crippen molar-refractivity contribution in [2.24, 2.45) is 0 Å². The highest BCUT2D eigenvalue weighted by atomic mass is 79.9. The summed E-state index contributed by atoms with van der Waals surface area (Å²) in [6, 6.07) is 0. The van der Waals surface area contributed by atoms with Gasteiger partial charge < -0.3 is 9.47 Å². The molecule has 2 atom stereocenters. The van der Waals surface area contributed by atoms with Crippen LogP contribution in [0.5, 0.6) is 0 Å². The molecule has 0 fully saturated rings. The third-order valence-electron chi connectivity index (χ3n) is 2.89. The summed E-state index contributed by atoms with van der Waals surface area (Å²) >= 11 is 3.42. The van der Waals surface area contributed by atoms with Crippen molar-refractivity contribution in [2.45, 2.75) is 52.4 Å². The van der Waals surface area contributed by atoms with Crippen molar-refractivity contribution in [3.8, 4) is 0 Å². The zero-order chi connectivity index (χ0) is 11.3. The molecule has 0 radical (unpaired) electrons. The van der Waals surface area contributed by atoms with Crippen molar-refractivity contribution in [1.82, 2.24) is 0 Å². The van der Waals surface area contributed by atoms with Crippen LogP contribution in [0.3, 0.4) is 0 Å². The van der Waals surface area contributed by atoms with Crippen LogP contribution >= 0.6 is 15.9 Å². The van der Waals surface area contributed by atoms with Gasteiger partial charge in [-0.1, -0.05) is 28.4 Å². The van der Waals surface area contributed by atoms with Crippen LogP contribution in [0.25, 0.3) is 0 Å². The third kappa shape index (κ3) is 3.89. The lowest BCUT2D eigenvalue weighted by atomic mass is 10.2. The van der Waals surface area contributed by atoms with Gasteiger partial charge in [-0.15, -0.1) is 0 Å². The molecular weight excluding hydrogens is 256 g/mol. The quantitative estimate of drug-likeness (QED) is 0.419. The lowest BCUT2D eigenvalue weighted by molar-refractivity contribution is -0.146. The summed E-state index contributed by atoms with van der Waals surface area (Å²) in [6.07, 6.45) is 3.47. The Labute approximate surface area is 101 Å². The van der Waals surface area contributed by atoms with Crippen LogP contribution in [0.1, 0.15) is 40.0 Å². The fourth-order valence-corrected chi connectivity index (χ4v) is 2.10. The predicted octanol–water partition coefficient (Wildman–Crippen LogP) is 3.65. The van der Waals surface area contributed by atoms with Gasteiger partial charge in [0.2, 0.25) is 0 Å². The van der Waals surface area contributed by atoms with Gasteiger partial charge in [0.25, 0.3) is 0 Å². The summed E-state index contributed by atoms with van der Waals surface area (Å²) in [7, 11) is 0. The molecule has 15 heavy (non-hydrogen) atoms. The highest BCUT2D eigenvalue weighted by Crippen LogP contribution is 2.29. The maximum atomic E-state index is 5.92. The lowest BCUT2D eigenvalue weighted by Crippen LogP contribution is -2.25. The van der Waals surface area contributed by atoms with Gasteiger partial charge in [-0.2, -0.15) is 0 Å². The minimum absolute atomic E-state index is 0.101. The van der Waals surface area contributed by atoms with E-state index in [0.29, 0.717) is 0 Å². The van der Waals surface area contributed by atoms with Crippen molar-refractivity contribution in [1.29, 1.82) is 0 Å². The largest absolute Gasteiger partial charge is 0.352 e. The van der Waals surface area contributed by atoms with Crippen molar-refractivity contribution in [3.05, 3.63) is 11.1 Å². The Balaban J connectivity index is 2.39. The lowest BCUT2D eigenvalue weighted by Gasteiger charge is -2.21. The molecule has 0 bridgehead atoms. The molecule has 0 aromatic heterocycles. The maximum absolute atomic E-state index is 5.92. The first-order chi connectivity index (χ1) is 7.19. The van der Waals surface area contributed by atoms with E-state index in [1.807, 2.05) is 0 Å². The van der Waals surface area contributed by atoms with E-state index < -0.39 is 0 Å². The fraction of sp³-hybridized carbons (Fsp3) is 0.833. The first kappa shape index (κ1) is 13.2. The summed E-state index contributed by atoms with van der Waals surface area (Å²) in [4.78, 5) is 0. The van der Waals surface area contributed by atoms with Crippen molar-refractivity contribution in [2.75, 3.05) is 11.9 Å². The zero-order valence-corrected chi connectivity index (χ0v) is 11.5.